The molecule has 2 nitrogen and oxygen atoms in total. The van der Waals surface area contributed by atoms with Crippen molar-refractivity contribution < 1.29 is 4.79 Å². The van der Waals surface area contributed by atoms with Gasteiger partial charge in [-0.25, -0.2) is 0 Å². The largest absolute Gasteiger partial charge is 0.342 e. The van der Waals surface area contributed by atoms with E-state index < -0.39 is 0 Å². The minimum Gasteiger partial charge on any atom is -0.342 e. The quantitative estimate of drug-likeness (QED) is 0.632. The van der Waals surface area contributed by atoms with Gasteiger partial charge >= 0.3 is 0 Å². The summed E-state index contributed by atoms with van der Waals surface area (Å²) in [7, 11) is 0. The van der Waals surface area contributed by atoms with Gasteiger partial charge in [-0.3, -0.25) is 4.79 Å². The zero-order valence-corrected chi connectivity index (χ0v) is 9.77. The molecule has 0 rings (SSSR count). The fourth-order valence-corrected chi connectivity index (χ4v) is 1.74. The molecule has 0 aromatic carbocycles. The molecule has 0 spiro atoms. The molecule has 1 unspecified atom stereocenters. The van der Waals surface area contributed by atoms with E-state index >= 15 is 0 Å². The van der Waals surface area contributed by atoms with Crippen LogP contribution in [0.3, 0.4) is 0 Å². The predicted molar refractivity (Wildman–Crippen MR) is 57.0 cm³/mol. The smallest absolute Gasteiger partial charge is 0.240 e. The van der Waals surface area contributed by atoms with Crippen molar-refractivity contribution >= 4 is 17.5 Å². The fraction of sp³-hybridized carbons (Fsp3) is 0.900. The van der Waals surface area contributed by atoms with E-state index in [4.69, 9.17) is 11.6 Å². The second-order valence-electron chi connectivity index (χ2n) is 3.61. The number of rotatable bonds is 5. The van der Waals surface area contributed by atoms with E-state index in [0.29, 0.717) is 5.92 Å². The molecule has 0 saturated carbocycles. The summed E-state index contributed by atoms with van der Waals surface area (Å²) in [6.45, 7) is 9.59. The van der Waals surface area contributed by atoms with Crippen molar-refractivity contribution in [3.8, 4) is 0 Å². The van der Waals surface area contributed by atoms with Crippen molar-refractivity contribution in [3.05, 3.63) is 0 Å². The number of nitrogens with zero attached hydrogens (tertiary/aromatic N) is 1. The average Bonchev–Trinajstić information content (AvgIpc) is 2.05. The average molecular weight is 206 g/mol. The molecule has 0 aliphatic rings. The van der Waals surface area contributed by atoms with Crippen molar-refractivity contribution in [1.29, 1.82) is 0 Å². The molecule has 1 atom stereocenters. The van der Waals surface area contributed by atoms with Crippen molar-refractivity contribution in [2.45, 2.75) is 39.5 Å². The maximum Gasteiger partial charge on any atom is 0.240 e. The van der Waals surface area contributed by atoms with Gasteiger partial charge in [0.05, 0.1) is 0 Å². The predicted octanol–water partition coefficient (Wildman–Crippen LogP) is 2.51. The molecule has 0 aliphatic carbocycles. The van der Waals surface area contributed by atoms with E-state index in [2.05, 4.69) is 13.8 Å². The van der Waals surface area contributed by atoms with Crippen molar-refractivity contribution in [1.82, 2.24) is 4.90 Å². The SMILES string of the molecule is CCN(CC)C(=O)C(Cl)CC(C)C. The van der Waals surface area contributed by atoms with Crippen LogP contribution in [-0.4, -0.2) is 29.3 Å². The highest BCUT2D eigenvalue weighted by molar-refractivity contribution is 6.30. The van der Waals surface area contributed by atoms with Crippen LogP contribution in [-0.2, 0) is 4.79 Å². The van der Waals surface area contributed by atoms with Gasteiger partial charge in [0.2, 0.25) is 5.91 Å². The van der Waals surface area contributed by atoms with Gasteiger partial charge in [-0.05, 0) is 26.2 Å². The molecule has 13 heavy (non-hydrogen) atoms. The molecular weight excluding hydrogens is 186 g/mol. The van der Waals surface area contributed by atoms with Gasteiger partial charge < -0.3 is 4.90 Å². The Morgan fingerprint density at radius 3 is 2.08 bits per heavy atom. The van der Waals surface area contributed by atoms with Crippen LogP contribution in [0.4, 0.5) is 0 Å². The molecule has 3 heteroatoms. The zero-order chi connectivity index (χ0) is 10.4. The summed E-state index contributed by atoms with van der Waals surface area (Å²) in [6, 6.07) is 0. The van der Waals surface area contributed by atoms with Crippen molar-refractivity contribution in [2.75, 3.05) is 13.1 Å². The highest BCUT2D eigenvalue weighted by atomic mass is 35.5. The van der Waals surface area contributed by atoms with E-state index in [9.17, 15) is 4.79 Å². The number of halogens is 1. The van der Waals surface area contributed by atoms with E-state index in [0.717, 1.165) is 19.5 Å². The second kappa shape index (κ2) is 6.25. The van der Waals surface area contributed by atoms with Crippen molar-refractivity contribution in [3.63, 3.8) is 0 Å². The van der Waals surface area contributed by atoms with Crippen LogP contribution < -0.4 is 0 Å². The summed E-state index contributed by atoms with van der Waals surface area (Å²) in [5, 5.41) is -0.347. The Balaban J connectivity index is 4.07. The first-order chi connectivity index (χ1) is 6.02. The first kappa shape index (κ1) is 12.8. The zero-order valence-electron chi connectivity index (χ0n) is 9.01. The minimum absolute atomic E-state index is 0.0698. The molecule has 0 fully saturated rings. The van der Waals surface area contributed by atoms with Crippen LogP contribution in [0.2, 0.25) is 0 Å². The maximum atomic E-state index is 11.6. The van der Waals surface area contributed by atoms with Crippen LogP contribution in [0.5, 0.6) is 0 Å². The number of hydrogen-bond acceptors (Lipinski definition) is 1. The van der Waals surface area contributed by atoms with Crippen LogP contribution in [0.1, 0.15) is 34.1 Å². The molecule has 0 aromatic rings. The highest BCUT2D eigenvalue weighted by Crippen LogP contribution is 2.13. The normalized spacial score (nSPS) is 13.1. The van der Waals surface area contributed by atoms with Crippen LogP contribution >= 0.6 is 11.6 Å². The molecule has 0 bridgehead atoms. The van der Waals surface area contributed by atoms with Gasteiger partial charge in [0.25, 0.3) is 0 Å². The third-order valence-corrected chi connectivity index (χ3v) is 2.39. The summed E-state index contributed by atoms with van der Waals surface area (Å²) >= 11 is 5.99. The number of carbonyl (C=O) groups excluding carboxylic acids is 1. The van der Waals surface area contributed by atoms with Gasteiger partial charge in [-0.15, -0.1) is 11.6 Å². The first-order valence-electron chi connectivity index (χ1n) is 4.95. The van der Waals surface area contributed by atoms with Gasteiger partial charge in [0.1, 0.15) is 5.38 Å². The molecule has 0 aromatic heterocycles. The first-order valence-corrected chi connectivity index (χ1v) is 5.39. The van der Waals surface area contributed by atoms with E-state index in [1.54, 1.807) is 4.90 Å². The van der Waals surface area contributed by atoms with Gasteiger partial charge in [0.15, 0.2) is 0 Å². The summed E-state index contributed by atoms with van der Waals surface area (Å²) in [5.74, 6) is 0.544. The van der Waals surface area contributed by atoms with Crippen molar-refractivity contribution in [2.24, 2.45) is 5.92 Å². The molecule has 78 valence electrons. The molecule has 1 amide bonds. The summed E-state index contributed by atoms with van der Waals surface area (Å²) in [6.07, 6.45) is 0.761. The molecule has 0 saturated heterocycles. The van der Waals surface area contributed by atoms with E-state index in [1.165, 1.54) is 0 Å². The number of hydrogen-bond donors (Lipinski definition) is 0. The number of amides is 1. The lowest BCUT2D eigenvalue weighted by Crippen LogP contribution is -2.37. The molecule has 0 heterocycles. The lowest BCUT2D eigenvalue weighted by molar-refractivity contribution is -0.130. The Kier molecular flexibility index (Phi) is 6.13. The van der Waals surface area contributed by atoms with E-state index in [-0.39, 0.29) is 11.3 Å². The third kappa shape index (κ3) is 4.51. The monoisotopic (exact) mass is 205 g/mol. The molecular formula is C10H20ClNO. The molecule has 0 N–H and O–H groups in total. The summed E-state index contributed by atoms with van der Waals surface area (Å²) in [5.41, 5.74) is 0. The summed E-state index contributed by atoms with van der Waals surface area (Å²) < 4.78 is 0. The number of carbonyl (C=O) groups is 1. The number of alkyl halides is 1. The lowest BCUT2D eigenvalue weighted by Gasteiger charge is -2.22. The van der Waals surface area contributed by atoms with Crippen LogP contribution in [0, 0.1) is 5.92 Å². The second-order valence-corrected chi connectivity index (χ2v) is 4.13. The van der Waals surface area contributed by atoms with Gasteiger partial charge in [-0.2, -0.15) is 0 Å². The van der Waals surface area contributed by atoms with Gasteiger partial charge in [-0.1, -0.05) is 13.8 Å². The summed E-state index contributed by atoms with van der Waals surface area (Å²) in [4.78, 5) is 13.4. The van der Waals surface area contributed by atoms with Crippen LogP contribution in [0.25, 0.3) is 0 Å². The minimum atomic E-state index is -0.347. The Hall–Kier alpha value is -0.240. The van der Waals surface area contributed by atoms with E-state index in [1.807, 2.05) is 13.8 Å². The third-order valence-electron chi connectivity index (χ3n) is 2.02. The topological polar surface area (TPSA) is 20.3 Å². The Morgan fingerprint density at radius 2 is 1.77 bits per heavy atom. The fourth-order valence-electron chi connectivity index (χ4n) is 1.25. The Labute approximate surface area is 86.2 Å². The molecule has 0 aliphatic heterocycles. The molecule has 0 radical (unpaired) electrons. The Morgan fingerprint density at radius 1 is 1.31 bits per heavy atom. The van der Waals surface area contributed by atoms with Crippen LogP contribution in [0.15, 0.2) is 0 Å². The maximum absolute atomic E-state index is 11.6. The highest BCUT2D eigenvalue weighted by Gasteiger charge is 2.20. The lowest BCUT2D eigenvalue weighted by atomic mass is 10.1. The van der Waals surface area contributed by atoms with Gasteiger partial charge in [0, 0.05) is 13.1 Å². The standard InChI is InChI=1S/C10H20ClNO/c1-5-12(6-2)10(13)9(11)7-8(3)4/h8-9H,5-7H2,1-4H3. The Bertz CT molecular complexity index is 155.